The lowest BCUT2D eigenvalue weighted by atomic mass is 10.2. The molecule has 17 heteroatoms. The Bertz CT molecular complexity index is 655. The number of piperidine rings is 2. The molecule has 11 nitrogen and oxygen atoms in total. The third-order valence-electron chi connectivity index (χ3n) is 3.50. The van der Waals surface area contributed by atoms with Crippen LogP contribution in [0.1, 0.15) is 38.5 Å². The zero-order chi connectivity index (χ0) is 25.9. The Morgan fingerprint density at radius 3 is 1.06 bits per heavy atom. The summed E-state index contributed by atoms with van der Waals surface area (Å²) in [6, 6.07) is 0. The van der Waals surface area contributed by atoms with Crippen LogP contribution in [0.2, 0.25) is 0 Å². The summed E-state index contributed by atoms with van der Waals surface area (Å²) in [6.45, 7) is 5.00. The lowest BCUT2D eigenvalue weighted by molar-refractivity contribution is 0.344. The van der Waals surface area contributed by atoms with Crippen LogP contribution in [0.15, 0.2) is 0 Å². The van der Waals surface area contributed by atoms with E-state index >= 15 is 0 Å². The van der Waals surface area contributed by atoms with Gasteiger partial charge in [0.1, 0.15) is 8.64 Å². The Morgan fingerprint density at radius 2 is 0.970 bits per heavy atom. The van der Waals surface area contributed by atoms with Crippen LogP contribution in [0.5, 0.6) is 0 Å². The summed E-state index contributed by atoms with van der Waals surface area (Å²) >= 11 is 10.1. The van der Waals surface area contributed by atoms with E-state index in [-0.39, 0.29) is 0 Å². The minimum Gasteiger partial charge on any atom is -0.363 e. The Hall–Kier alpha value is 0.180. The molecule has 0 saturated carbocycles. The summed E-state index contributed by atoms with van der Waals surface area (Å²) in [4.78, 5) is 3.79. The molecule has 0 aromatic carbocycles. The van der Waals surface area contributed by atoms with Crippen LogP contribution in [0.3, 0.4) is 0 Å². The van der Waals surface area contributed by atoms with Gasteiger partial charge in [0.05, 0.1) is 0 Å². The molecule has 0 unspecified atom stereocenters. The molecule has 0 aromatic rings. The van der Waals surface area contributed by atoms with Crippen LogP contribution in [-0.2, 0) is 24.4 Å². The molecule has 2 aliphatic heterocycles. The zero-order valence-corrected chi connectivity index (χ0v) is 24.2. The standard InChI is InChI=1S/C6H12N2S4.2C5H11N.H2O7S2/c1-7(2)5(9)11-12-6(10)8(3)4;2*1-2-4-6-5-3-1;1-8(2,3)7-9(4,5)6/h1-4H3;2*6H,1-5H2;(H,1,2,3)(H,4,5,6). The average molecular weight is 589 g/mol. The predicted octanol–water partition coefficient (Wildman–Crippen LogP) is 2.19. The molecule has 0 bridgehead atoms. The first-order valence-electron chi connectivity index (χ1n) is 10.00. The van der Waals surface area contributed by atoms with Crippen LogP contribution in [-0.4, -0.2) is 98.8 Å². The van der Waals surface area contributed by atoms with Gasteiger partial charge in [-0.05, 0) is 73.5 Å². The van der Waals surface area contributed by atoms with Gasteiger partial charge in [0.25, 0.3) is 0 Å². The first-order chi connectivity index (χ1) is 15.2. The van der Waals surface area contributed by atoms with Crippen molar-refractivity contribution in [2.24, 2.45) is 0 Å². The highest BCUT2D eigenvalue weighted by Crippen LogP contribution is 2.26. The topological polar surface area (TPSA) is 149 Å². The molecule has 4 N–H and O–H groups in total. The highest BCUT2D eigenvalue weighted by atomic mass is 33.1. The van der Waals surface area contributed by atoms with Gasteiger partial charge >= 0.3 is 20.8 Å². The minimum absolute atomic E-state index is 0.837. The first-order valence-corrected chi connectivity index (χ1v) is 15.7. The van der Waals surface area contributed by atoms with Crippen LogP contribution in [0.25, 0.3) is 0 Å². The molecule has 2 heterocycles. The second kappa shape index (κ2) is 20.4. The molecule has 0 radical (unpaired) electrons. The quantitative estimate of drug-likeness (QED) is 0.212. The van der Waals surface area contributed by atoms with Crippen molar-refractivity contribution >= 4 is 75.5 Å². The monoisotopic (exact) mass is 588 g/mol. The normalized spacial score (nSPS) is 15.8. The number of nitrogens with one attached hydrogen (secondary N) is 2. The third kappa shape index (κ3) is 30.1. The van der Waals surface area contributed by atoms with E-state index in [1.54, 1.807) is 0 Å². The van der Waals surface area contributed by atoms with Gasteiger partial charge in [-0.2, -0.15) is 16.8 Å². The first kappa shape index (κ1) is 35.3. The lowest BCUT2D eigenvalue weighted by Crippen LogP contribution is -2.21. The maximum atomic E-state index is 9.44. The number of nitrogens with zero attached hydrogens (tertiary/aromatic N) is 2. The van der Waals surface area contributed by atoms with Crippen molar-refractivity contribution < 1.29 is 29.6 Å². The molecule has 2 aliphatic rings. The molecule has 0 aliphatic carbocycles. The molecular formula is C16H36N4O7S6. The van der Waals surface area contributed by atoms with Crippen molar-refractivity contribution in [3.63, 3.8) is 0 Å². The Balaban J connectivity index is 0. The fraction of sp³-hybridized carbons (Fsp3) is 0.875. The summed E-state index contributed by atoms with van der Waals surface area (Å²) < 4.78 is 57.2. The van der Waals surface area contributed by atoms with E-state index in [0.29, 0.717) is 0 Å². The van der Waals surface area contributed by atoms with Gasteiger partial charge in [0, 0.05) is 28.2 Å². The van der Waals surface area contributed by atoms with Crippen LogP contribution in [0, 0.1) is 0 Å². The lowest BCUT2D eigenvalue weighted by Gasteiger charge is -2.15. The summed E-state index contributed by atoms with van der Waals surface area (Å²) in [5, 5.41) is 6.57. The highest BCUT2D eigenvalue weighted by Gasteiger charge is 2.15. The predicted molar refractivity (Wildman–Crippen MR) is 145 cm³/mol. The number of thiocarbonyl (C=S) groups is 2. The Kier molecular flexibility index (Phi) is 21.8. The molecule has 33 heavy (non-hydrogen) atoms. The maximum Gasteiger partial charge on any atom is 0.413 e. The second-order valence-electron chi connectivity index (χ2n) is 7.03. The molecule has 2 rings (SSSR count). The smallest absolute Gasteiger partial charge is 0.363 e. The highest BCUT2D eigenvalue weighted by molar-refractivity contribution is 8.89. The summed E-state index contributed by atoms with van der Waals surface area (Å²) in [6.07, 6.45) is 8.43. The van der Waals surface area contributed by atoms with Crippen LogP contribution in [0.4, 0.5) is 0 Å². The molecule has 2 fully saturated rings. The third-order valence-corrected chi connectivity index (χ3v) is 9.04. The Morgan fingerprint density at radius 1 is 0.697 bits per heavy atom. The maximum absolute atomic E-state index is 9.44. The molecular weight excluding hydrogens is 553 g/mol. The van der Waals surface area contributed by atoms with Crippen molar-refractivity contribution in [1.29, 1.82) is 0 Å². The van der Waals surface area contributed by atoms with E-state index in [0.717, 1.165) is 8.64 Å². The van der Waals surface area contributed by atoms with Gasteiger partial charge in [0.15, 0.2) is 0 Å². The molecule has 0 atom stereocenters. The Labute approximate surface area is 217 Å². The summed E-state index contributed by atoms with van der Waals surface area (Å²) in [7, 11) is 0.485. The van der Waals surface area contributed by atoms with E-state index in [2.05, 4.69) is 14.3 Å². The van der Waals surface area contributed by atoms with Gasteiger partial charge in [0.2, 0.25) is 0 Å². The summed E-state index contributed by atoms with van der Waals surface area (Å²) in [5.41, 5.74) is 0. The van der Waals surface area contributed by atoms with Crippen LogP contribution < -0.4 is 10.6 Å². The number of hydrogen-bond acceptors (Lipinski definition) is 11. The van der Waals surface area contributed by atoms with Gasteiger partial charge in [-0.3, -0.25) is 9.11 Å². The van der Waals surface area contributed by atoms with Crippen molar-refractivity contribution in [2.75, 3.05) is 54.4 Å². The average Bonchev–Trinajstić information content (AvgIpc) is 2.73. The van der Waals surface area contributed by atoms with Crippen LogP contribution >= 0.6 is 46.0 Å². The van der Waals surface area contributed by atoms with Crippen molar-refractivity contribution in [3.05, 3.63) is 0 Å². The van der Waals surface area contributed by atoms with Crippen molar-refractivity contribution in [3.8, 4) is 0 Å². The minimum atomic E-state index is -5.12. The molecule has 198 valence electrons. The van der Waals surface area contributed by atoms with E-state index in [9.17, 15) is 16.8 Å². The molecule has 0 amide bonds. The molecule has 0 spiro atoms. The van der Waals surface area contributed by atoms with Gasteiger partial charge in [-0.25, -0.2) is 0 Å². The van der Waals surface area contributed by atoms with E-state index < -0.39 is 20.8 Å². The molecule has 2 saturated heterocycles. The van der Waals surface area contributed by atoms with Crippen molar-refractivity contribution in [2.45, 2.75) is 38.5 Å². The second-order valence-corrected chi connectivity index (χ2v) is 12.7. The SMILES string of the molecule is C1CCNCC1.C1CCNCC1.CN(C)C(=S)SSC(=S)N(C)C.O=S(=O)(O)OS(=O)(=O)O. The number of rotatable bonds is 2. The van der Waals surface area contributed by atoms with E-state index in [4.69, 9.17) is 33.5 Å². The number of hydrogen-bond donors (Lipinski definition) is 4. The van der Waals surface area contributed by atoms with E-state index in [1.165, 1.54) is 86.3 Å². The fourth-order valence-corrected chi connectivity index (χ4v) is 5.18. The van der Waals surface area contributed by atoms with Crippen molar-refractivity contribution in [1.82, 2.24) is 20.4 Å². The van der Waals surface area contributed by atoms with Gasteiger partial charge < -0.3 is 20.4 Å². The fourth-order valence-electron chi connectivity index (χ4n) is 1.93. The molecule has 0 aromatic heterocycles. The van der Waals surface area contributed by atoms with Gasteiger partial charge in [-0.1, -0.05) is 37.3 Å². The zero-order valence-electron chi connectivity index (χ0n) is 19.4. The van der Waals surface area contributed by atoms with E-state index in [1.807, 2.05) is 38.0 Å². The largest absolute Gasteiger partial charge is 0.413 e. The summed E-state index contributed by atoms with van der Waals surface area (Å²) in [5.74, 6) is 0. The van der Waals surface area contributed by atoms with Gasteiger partial charge in [-0.15, -0.1) is 3.63 Å².